The van der Waals surface area contributed by atoms with E-state index in [0.717, 1.165) is 23.5 Å². The van der Waals surface area contributed by atoms with E-state index in [1.165, 1.54) is 0 Å². The molecule has 0 saturated heterocycles. The fourth-order valence-electron chi connectivity index (χ4n) is 2.36. The number of esters is 1. The van der Waals surface area contributed by atoms with Crippen molar-refractivity contribution < 1.29 is 19.1 Å². The first-order chi connectivity index (χ1) is 12.5. The lowest BCUT2D eigenvalue weighted by molar-refractivity contribution is -0.125. The summed E-state index contributed by atoms with van der Waals surface area (Å²) in [7, 11) is 0. The van der Waals surface area contributed by atoms with Crippen LogP contribution < -0.4 is 10.1 Å². The Labute approximate surface area is 157 Å². The fraction of sp³-hybridized carbons (Fsp3) is 0.421. The van der Waals surface area contributed by atoms with Gasteiger partial charge in [0.1, 0.15) is 17.9 Å². The number of para-hydroxylation sites is 1. The minimum Gasteiger partial charge on any atom is -0.486 e. The third kappa shape index (κ3) is 5.84. The quantitative estimate of drug-likeness (QED) is 0.678. The smallest absolute Gasteiger partial charge is 0.342 e. The molecule has 0 aliphatic heterocycles. The fourth-order valence-corrected chi connectivity index (χ4v) is 2.96. The summed E-state index contributed by atoms with van der Waals surface area (Å²) in [5, 5.41) is 5.71. The Morgan fingerprint density at radius 3 is 2.62 bits per heavy atom. The lowest BCUT2D eigenvalue weighted by atomic mass is 10.2. The van der Waals surface area contributed by atoms with Gasteiger partial charge in [0.2, 0.25) is 0 Å². The van der Waals surface area contributed by atoms with Crippen molar-refractivity contribution in [3.63, 3.8) is 0 Å². The molecule has 0 unspecified atom stereocenters. The van der Waals surface area contributed by atoms with Crippen LogP contribution in [0.1, 0.15) is 47.7 Å². The van der Waals surface area contributed by atoms with Crippen LogP contribution >= 0.6 is 11.3 Å². The number of nitrogens with zero attached hydrogens (tertiary/aromatic N) is 1. The van der Waals surface area contributed by atoms with E-state index in [9.17, 15) is 9.59 Å². The van der Waals surface area contributed by atoms with Gasteiger partial charge < -0.3 is 14.8 Å². The van der Waals surface area contributed by atoms with Gasteiger partial charge in [0.15, 0.2) is 6.61 Å². The monoisotopic (exact) mass is 376 g/mol. The highest BCUT2D eigenvalue weighted by Gasteiger charge is 2.16. The molecule has 6 nitrogen and oxygen atoms in total. The maximum Gasteiger partial charge on any atom is 0.342 e. The number of hydrogen-bond acceptors (Lipinski definition) is 6. The van der Waals surface area contributed by atoms with E-state index in [1.807, 2.05) is 26.2 Å². The van der Waals surface area contributed by atoms with Crippen LogP contribution in [0.4, 0.5) is 0 Å². The largest absolute Gasteiger partial charge is 0.486 e. The van der Waals surface area contributed by atoms with E-state index in [-0.39, 0.29) is 30.7 Å². The molecule has 0 saturated carbocycles. The van der Waals surface area contributed by atoms with Crippen LogP contribution in [0.2, 0.25) is 0 Å². The number of rotatable bonds is 9. The van der Waals surface area contributed by atoms with E-state index in [1.54, 1.807) is 35.6 Å². The molecule has 7 heteroatoms. The minimum absolute atomic E-state index is 0.0957. The second kappa shape index (κ2) is 9.91. The number of carbonyl (C=O) groups excluding carboxylic acids is 2. The summed E-state index contributed by atoms with van der Waals surface area (Å²) in [6.07, 6.45) is 1.67. The Balaban J connectivity index is 1.93. The van der Waals surface area contributed by atoms with Crippen molar-refractivity contribution in [2.75, 3.05) is 6.61 Å². The molecule has 1 aromatic carbocycles. The zero-order chi connectivity index (χ0) is 18.9. The molecule has 140 valence electrons. The predicted octanol–water partition coefficient (Wildman–Crippen LogP) is 3.49. The number of aryl methyl sites for hydroxylation is 1. The van der Waals surface area contributed by atoms with Crippen LogP contribution in [0.3, 0.4) is 0 Å². The molecular formula is C19H24N2O4S. The summed E-state index contributed by atoms with van der Waals surface area (Å²) in [6.45, 7) is 5.88. The standard InChI is InChI=1S/C19H24N2O4S/c1-4-14(5-2)21-18(22)11-25-19(23)16-8-6-7-9-17(16)24-10-15-12-26-13(3)20-15/h6-9,12,14H,4-5,10-11H2,1-3H3,(H,21,22). The first kappa shape index (κ1) is 19.9. The Bertz CT molecular complexity index is 741. The molecule has 0 radical (unpaired) electrons. The number of hydrogen-bond donors (Lipinski definition) is 1. The molecule has 0 atom stereocenters. The van der Waals surface area contributed by atoms with E-state index >= 15 is 0 Å². The van der Waals surface area contributed by atoms with Crippen molar-refractivity contribution in [3.8, 4) is 5.75 Å². The minimum atomic E-state index is -0.588. The molecule has 0 bridgehead atoms. The van der Waals surface area contributed by atoms with Crippen molar-refractivity contribution in [2.24, 2.45) is 0 Å². The van der Waals surface area contributed by atoms with E-state index in [2.05, 4.69) is 10.3 Å². The number of carbonyl (C=O) groups is 2. The molecular weight excluding hydrogens is 352 g/mol. The summed E-state index contributed by atoms with van der Waals surface area (Å²) in [5.41, 5.74) is 1.09. The van der Waals surface area contributed by atoms with Gasteiger partial charge in [-0.25, -0.2) is 9.78 Å². The average Bonchev–Trinajstić information content (AvgIpc) is 3.08. The van der Waals surface area contributed by atoms with Crippen LogP contribution in [0.25, 0.3) is 0 Å². The van der Waals surface area contributed by atoms with Gasteiger partial charge >= 0.3 is 5.97 Å². The molecule has 0 aliphatic carbocycles. The summed E-state index contributed by atoms with van der Waals surface area (Å²) in [6, 6.07) is 6.90. The van der Waals surface area contributed by atoms with Crippen LogP contribution in [0.15, 0.2) is 29.6 Å². The number of aromatic nitrogens is 1. The zero-order valence-electron chi connectivity index (χ0n) is 15.3. The maximum absolute atomic E-state index is 12.3. The SMILES string of the molecule is CCC(CC)NC(=O)COC(=O)c1ccccc1OCc1csc(C)n1. The van der Waals surface area contributed by atoms with Crippen molar-refractivity contribution >= 4 is 23.2 Å². The van der Waals surface area contributed by atoms with Crippen LogP contribution in [0.5, 0.6) is 5.75 Å². The third-order valence-electron chi connectivity index (χ3n) is 3.83. The molecule has 2 aromatic rings. The van der Waals surface area contributed by atoms with Gasteiger partial charge in [-0.15, -0.1) is 11.3 Å². The average molecular weight is 376 g/mol. The highest BCUT2D eigenvalue weighted by atomic mass is 32.1. The van der Waals surface area contributed by atoms with E-state index in [4.69, 9.17) is 9.47 Å². The highest BCUT2D eigenvalue weighted by molar-refractivity contribution is 7.09. The van der Waals surface area contributed by atoms with Gasteiger partial charge in [-0.2, -0.15) is 0 Å². The van der Waals surface area contributed by atoms with Crippen molar-refractivity contribution in [1.29, 1.82) is 0 Å². The summed E-state index contributed by atoms with van der Waals surface area (Å²) in [5.74, 6) is -0.485. The van der Waals surface area contributed by atoms with E-state index < -0.39 is 5.97 Å². The Morgan fingerprint density at radius 2 is 1.96 bits per heavy atom. The first-order valence-electron chi connectivity index (χ1n) is 8.62. The van der Waals surface area contributed by atoms with E-state index in [0.29, 0.717) is 5.75 Å². The molecule has 1 amide bonds. The third-order valence-corrected chi connectivity index (χ3v) is 4.66. The van der Waals surface area contributed by atoms with Gasteiger partial charge in [-0.3, -0.25) is 4.79 Å². The molecule has 2 rings (SSSR count). The van der Waals surface area contributed by atoms with Gasteiger partial charge in [-0.05, 0) is 31.9 Å². The molecule has 26 heavy (non-hydrogen) atoms. The number of ether oxygens (including phenoxy) is 2. The summed E-state index contributed by atoms with van der Waals surface area (Å²) < 4.78 is 10.8. The van der Waals surface area contributed by atoms with Crippen molar-refractivity contribution in [1.82, 2.24) is 10.3 Å². The second-order valence-electron chi connectivity index (χ2n) is 5.80. The van der Waals surface area contributed by atoms with Crippen LogP contribution in [-0.4, -0.2) is 29.5 Å². The number of nitrogens with one attached hydrogen (secondary N) is 1. The highest BCUT2D eigenvalue weighted by Crippen LogP contribution is 2.21. The molecule has 1 N–H and O–H groups in total. The molecule has 1 heterocycles. The van der Waals surface area contributed by atoms with Crippen LogP contribution in [-0.2, 0) is 16.1 Å². The lowest BCUT2D eigenvalue weighted by Crippen LogP contribution is -2.36. The summed E-state index contributed by atoms with van der Waals surface area (Å²) in [4.78, 5) is 28.5. The maximum atomic E-state index is 12.3. The Kier molecular flexibility index (Phi) is 7.59. The van der Waals surface area contributed by atoms with Gasteiger partial charge in [0.25, 0.3) is 5.91 Å². The predicted molar refractivity (Wildman–Crippen MR) is 100 cm³/mol. The van der Waals surface area contributed by atoms with Crippen molar-refractivity contribution in [2.45, 2.75) is 46.3 Å². The van der Waals surface area contributed by atoms with Gasteiger partial charge in [0, 0.05) is 11.4 Å². The number of thiazole rings is 1. The van der Waals surface area contributed by atoms with Gasteiger partial charge in [-0.1, -0.05) is 26.0 Å². The van der Waals surface area contributed by atoms with Crippen molar-refractivity contribution in [3.05, 3.63) is 45.9 Å². The molecule has 0 aliphatic rings. The summed E-state index contributed by atoms with van der Waals surface area (Å²) >= 11 is 1.54. The normalized spacial score (nSPS) is 10.6. The topological polar surface area (TPSA) is 77.5 Å². The lowest BCUT2D eigenvalue weighted by Gasteiger charge is -2.15. The first-order valence-corrected chi connectivity index (χ1v) is 9.50. The zero-order valence-corrected chi connectivity index (χ0v) is 16.1. The Morgan fingerprint density at radius 1 is 1.23 bits per heavy atom. The number of amides is 1. The molecule has 0 spiro atoms. The second-order valence-corrected chi connectivity index (χ2v) is 6.86. The molecule has 1 aromatic heterocycles. The molecule has 0 fully saturated rings. The number of benzene rings is 1. The van der Waals surface area contributed by atoms with Crippen LogP contribution in [0, 0.1) is 6.92 Å². The Hall–Kier alpha value is -2.41. The van der Waals surface area contributed by atoms with Gasteiger partial charge in [0.05, 0.1) is 10.7 Å².